The van der Waals surface area contributed by atoms with Crippen LogP contribution in [-0.4, -0.2) is 11.9 Å². The van der Waals surface area contributed by atoms with Crippen molar-refractivity contribution >= 4 is 33.9 Å². The summed E-state index contributed by atoms with van der Waals surface area (Å²) >= 11 is 0. The van der Waals surface area contributed by atoms with Crippen LogP contribution in [0.3, 0.4) is 0 Å². The molecular formula is C16H8O4. The summed E-state index contributed by atoms with van der Waals surface area (Å²) in [6.07, 6.45) is 0. The Morgan fingerprint density at radius 2 is 1.10 bits per heavy atom. The highest BCUT2D eigenvalue weighted by atomic mass is 16.5. The molecule has 2 aromatic carbocycles. The molecule has 0 N–H and O–H groups in total. The minimum atomic E-state index is -0.432. The molecule has 0 fully saturated rings. The lowest BCUT2D eigenvalue weighted by Gasteiger charge is -2.04. The molecule has 0 radical (unpaired) electrons. The zero-order valence-electron chi connectivity index (χ0n) is 10.4. The van der Waals surface area contributed by atoms with Crippen LogP contribution in [0.15, 0.2) is 37.4 Å². The van der Waals surface area contributed by atoms with Gasteiger partial charge >= 0.3 is 11.9 Å². The third-order valence-corrected chi connectivity index (χ3v) is 3.59. The maximum absolute atomic E-state index is 11.5. The second-order valence-electron chi connectivity index (χ2n) is 4.78. The molecule has 2 aromatic rings. The molecule has 4 heteroatoms. The molecule has 0 saturated heterocycles. The topological polar surface area (TPSA) is 52.6 Å². The molecule has 0 aliphatic carbocycles. The number of ether oxygens (including phenoxy) is 2. The van der Waals surface area contributed by atoms with Gasteiger partial charge < -0.3 is 9.47 Å². The normalized spacial score (nSPS) is 16.2. The summed E-state index contributed by atoms with van der Waals surface area (Å²) in [6.45, 7) is 7.41. The molecule has 20 heavy (non-hydrogen) atoms. The lowest BCUT2D eigenvalue weighted by atomic mass is 9.99. The van der Waals surface area contributed by atoms with Gasteiger partial charge in [-0.25, -0.2) is 9.59 Å². The number of carbonyl (C=O) groups is 2. The molecule has 0 amide bonds. The lowest BCUT2D eigenvalue weighted by Crippen LogP contribution is -1.98. The van der Waals surface area contributed by atoms with E-state index in [4.69, 9.17) is 9.47 Å². The van der Waals surface area contributed by atoms with E-state index in [0.717, 1.165) is 10.8 Å². The summed E-state index contributed by atoms with van der Waals surface area (Å²) in [6, 6.07) is 7.15. The maximum Gasteiger partial charge on any atom is 0.343 e. The zero-order chi connectivity index (χ0) is 14.0. The summed E-state index contributed by atoms with van der Waals surface area (Å²) in [7, 11) is 0. The van der Waals surface area contributed by atoms with Gasteiger partial charge in [0, 0.05) is 11.1 Å². The fraction of sp³-hybridized carbons (Fsp3) is 0. The first-order valence-corrected chi connectivity index (χ1v) is 5.99. The first-order valence-electron chi connectivity index (χ1n) is 5.99. The van der Waals surface area contributed by atoms with Crippen LogP contribution >= 0.6 is 0 Å². The number of fused-ring (bicyclic) bond motifs is 3. The van der Waals surface area contributed by atoms with E-state index in [1.165, 1.54) is 0 Å². The molecule has 2 aliphatic heterocycles. The van der Waals surface area contributed by atoms with E-state index in [-0.39, 0.29) is 0 Å². The minimum absolute atomic E-state index is 0.337. The van der Waals surface area contributed by atoms with E-state index in [2.05, 4.69) is 13.2 Å². The number of benzene rings is 2. The highest BCUT2D eigenvalue weighted by Crippen LogP contribution is 2.41. The van der Waals surface area contributed by atoms with Gasteiger partial charge in [0.05, 0.1) is 11.1 Å². The quantitative estimate of drug-likeness (QED) is 0.417. The lowest BCUT2D eigenvalue weighted by molar-refractivity contribution is -0.127. The minimum Gasteiger partial charge on any atom is -0.422 e. The zero-order valence-corrected chi connectivity index (χ0v) is 10.4. The fourth-order valence-corrected chi connectivity index (χ4v) is 2.49. The van der Waals surface area contributed by atoms with Crippen LogP contribution < -0.4 is 9.47 Å². The SMILES string of the molecule is C=C1C(=O)Oc2cc3cc4c(cc3cc21)OC(=O)C4=C. The van der Waals surface area contributed by atoms with Crippen molar-refractivity contribution in [2.24, 2.45) is 0 Å². The van der Waals surface area contributed by atoms with Gasteiger partial charge in [-0.3, -0.25) is 0 Å². The van der Waals surface area contributed by atoms with Gasteiger partial charge in [-0.2, -0.15) is 0 Å². The average molecular weight is 264 g/mol. The molecule has 96 valence electrons. The van der Waals surface area contributed by atoms with Crippen molar-refractivity contribution in [1.82, 2.24) is 0 Å². The molecule has 0 bridgehead atoms. The van der Waals surface area contributed by atoms with E-state index in [9.17, 15) is 9.59 Å². The number of rotatable bonds is 0. The van der Waals surface area contributed by atoms with Crippen LogP contribution in [0.2, 0.25) is 0 Å². The van der Waals surface area contributed by atoms with Crippen molar-refractivity contribution in [2.45, 2.75) is 0 Å². The van der Waals surface area contributed by atoms with Crippen LogP contribution in [0.25, 0.3) is 21.9 Å². The van der Waals surface area contributed by atoms with Crippen LogP contribution in [0.5, 0.6) is 11.5 Å². The smallest absolute Gasteiger partial charge is 0.343 e. The van der Waals surface area contributed by atoms with Crippen molar-refractivity contribution in [3.8, 4) is 11.5 Å². The second-order valence-corrected chi connectivity index (χ2v) is 4.78. The van der Waals surface area contributed by atoms with E-state index >= 15 is 0 Å². The Kier molecular flexibility index (Phi) is 1.85. The van der Waals surface area contributed by atoms with Crippen molar-refractivity contribution < 1.29 is 19.1 Å². The van der Waals surface area contributed by atoms with Crippen molar-refractivity contribution in [3.63, 3.8) is 0 Å². The number of esters is 2. The fourth-order valence-electron chi connectivity index (χ4n) is 2.49. The predicted octanol–water partition coefficient (Wildman–Crippen LogP) is 2.70. The Balaban J connectivity index is 2.01. The largest absolute Gasteiger partial charge is 0.422 e. The Morgan fingerprint density at radius 1 is 0.700 bits per heavy atom. The number of carbonyl (C=O) groups excluding carboxylic acids is 2. The van der Waals surface area contributed by atoms with Crippen LogP contribution in [0.1, 0.15) is 11.1 Å². The van der Waals surface area contributed by atoms with E-state index in [1.54, 1.807) is 12.1 Å². The van der Waals surface area contributed by atoms with Gasteiger partial charge in [-0.1, -0.05) is 13.2 Å². The third kappa shape index (κ3) is 1.25. The predicted molar refractivity (Wildman–Crippen MR) is 73.3 cm³/mol. The second kappa shape index (κ2) is 3.36. The van der Waals surface area contributed by atoms with Gasteiger partial charge in [0.2, 0.25) is 0 Å². The summed E-state index contributed by atoms with van der Waals surface area (Å²) in [4.78, 5) is 23.0. The van der Waals surface area contributed by atoms with Gasteiger partial charge in [0.1, 0.15) is 11.5 Å². The molecule has 4 rings (SSSR count). The van der Waals surface area contributed by atoms with Gasteiger partial charge in [0.25, 0.3) is 0 Å². The van der Waals surface area contributed by atoms with Crippen LogP contribution in [0.4, 0.5) is 0 Å². The first kappa shape index (κ1) is 11.0. The summed E-state index contributed by atoms with van der Waals surface area (Å²) in [5.41, 5.74) is 2.02. The molecule has 0 atom stereocenters. The molecule has 2 heterocycles. The molecule has 0 saturated carbocycles. The van der Waals surface area contributed by atoms with Crippen LogP contribution in [-0.2, 0) is 9.59 Å². The average Bonchev–Trinajstić information content (AvgIpc) is 2.84. The highest BCUT2D eigenvalue weighted by Gasteiger charge is 2.28. The number of hydrogen-bond acceptors (Lipinski definition) is 4. The number of hydrogen-bond donors (Lipinski definition) is 0. The third-order valence-electron chi connectivity index (χ3n) is 3.59. The molecule has 0 aromatic heterocycles. The maximum atomic E-state index is 11.5. The molecule has 0 unspecified atom stereocenters. The van der Waals surface area contributed by atoms with Crippen LogP contribution in [0, 0.1) is 0 Å². The molecular weight excluding hydrogens is 256 g/mol. The summed E-state index contributed by atoms with van der Waals surface area (Å²) < 4.78 is 10.3. The van der Waals surface area contributed by atoms with E-state index in [0.29, 0.717) is 33.8 Å². The van der Waals surface area contributed by atoms with Gasteiger partial charge in [-0.05, 0) is 35.0 Å². The van der Waals surface area contributed by atoms with Crippen molar-refractivity contribution in [1.29, 1.82) is 0 Å². The Hall–Kier alpha value is -2.88. The standard InChI is InChI=1S/C16H8O4/c1-7-11-3-9-6-14-12(8(2)16(18)20-14)4-10(9)5-13(11)19-15(7)17/h3-6H,1-2H2. The van der Waals surface area contributed by atoms with E-state index < -0.39 is 11.9 Å². The Bertz CT molecular complexity index is 800. The summed E-state index contributed by atoms with van der Waals surface area (Å²) in [5.74, 6) is 0.115. The van der Waals surface area contributed by atoms with Crippen molar-refractivity contribution in [3.05, 3.63) is 48.6 Å². The molecule has 2 aliphatic rings. The summed E-state index contributed by atoms with van der Waals surface area (Å²) in [5, 5.41) is 1.70. The van der Waals surface area contributed by atoms with Gasteiger partial charge in [-0.15, -0.1) is 0 Å². The van der Waals surface area contributed by atoms with E-state index in [1.807, 2.05) is 12.1 Å². The molecule has 0 spiro atoms. The Labute approximate surface area is 113 Å². The van der Waals surface area contributed by atoms with Gasteiger partial charge in [0.15, 0.2) is 0 Å². The monoisotopic (exact) mass is 264 g/mol. The first-order chi connectivity index (χ1) is 9.54. The Morgan fingerprint density at radius 3 is 1.50 bits per heavy atom. The molecule has 4 nitrogen and oxygen atoms in total. The van der Waals surface area contributed by atoms with Crippen molar-refractivity contribution in [2.75, 3.05) is 0 Å². The highest BCUT2D eigenvalue weighted by molar-refractivity contribution is 6.23.